The quantitative estimate of drug-likeness (QED) is 0.410. The molecule has 0 saturated carbocycles. The van der Waals surface area contributed by atoms with Gasteiger partial charge in [-0.3, -0.25) is 0 Å². The van der Waals surface area contributed by atoms with Crippen LogP contribution in [-0.4, -0.2) is 17.4 Å². The zero-order valence-corrected chi connectivity index (χ0v) is 6.88. The van der Waals surface area contributed by atoms with E-state index in [-0.39, 0.29) is 5.54 Å². The maximum Gasteiger partial charge on any atom is 0.192 e. The SMILES string of the molecule is C=NC(=S)NC(C)(C)C. The Hall–Kier alpha value is -0.440. The minimum atomic E-state index is -0.00171. The highest BCUT2D eigenvalue weighted by molar-refractivity contribution is 7.80. The van der Waals surface area contributed by atoms with Gasteiger partial charge >= 0.3 is 0 Å². The molecule has 0 aliphatic rings. The van der Waals surface area contributed by atoms with Gasteiger partial charge in [-0.2, -0.15) is 0 Å². The molecule has 9 heavy (non-hydrogen) atoms. The van der Waals surface area contributed by atoms with Crippen molar-refractivity contribution in [1.82, 2.24) is 5.32 Å². The molecular weight excluding hydrogens is 132 g/mol. The molecule has 0 aromatic heterocycles. The molecule has 0 saturated heterocycles. The number of hydrogen-bond donors (Lipinski definition) is 1. The lowest BCUT2D eigenvalue weighted by atomic mass is 10.1. The first-order chi connectivity index (χ1) is 3.95. The van der Waals surface area contributed by atoms with Gasteiger partial charge in [-0.15, -0.1) is 0 Å². The van der Waals surface area contributed by atoms with E-state index in [1.807, 2.05) is 20.8 Å². The topological polar surface area (TPSA) is 24.4 Å². The van der Waals surface area contributed by atoms with E-state index >= 15 is 0 Å². The first-order valence-corrected chi connectivity index (χ1v) is 3.15. The molecule has 1 N–H and O–H groups in total. The Balaban J connectivity index is 3.74. The molecule has 0 aromatic carbocycles. The summed E-state index contributed by atoms with van der Waals surface area (Å²) in [5.41, 5.74) is -0.00171. The summed E-state index contributed by atoms with van der Waals surface area (Å²) in [4.78, 5) is 3.54. The predicted molar refractivity (Wildman–Crippen MR) is 45.0 cm³/mol. The van der Waals surface area contributed by atoms with Crippen LogP contribution >= 0.6 is 12.2 Å². The summed E-state index contributed by atoms with van der Waals surface area (Å²) < 4.78 is 0. The van der Waals surface area contributed by atoms with E-state index in [4.69, 9.17) is 12.2 Å². The molecule has 0 unspecified atom stereocenters. The van der Waals surface area contributed by atoms with E-state index in [0.717, 1.165) is 0 Å². The number of rotatable bonds is 0. The van der Waals surface area contributed by atoms with Crippen LogP contribution in [0.3, 0.4) is 0 Å². The Morgan fingerprint density at radius 3 is 2.11 bits per heavy atom. The van der Waals surface area contributed by atoms with Crippen molar-refractivity contribution >= 4 is 24.0 Å². The Morgan fingerprint density at radius 1 is 1.56 bits per heavy atom. The van der Waals surface area contributed by atoms with Gasteiger partial charge in [0, 0.05) is 5.54 Å². The van der Waals surface area contributed by atoms with E-state index in [9.17, 15) is 0 Å². The van der Waals surface area contributed by atoms with Crippen LogP contribution in [0.2, 0.25) is 0 Å². The van der Waals surface area contributed by atoms with Crippen LogP contribution < -0.4 is 5.32 Å². The van der Waals surface area contributed by atoms with Crippen molar-refractivity contribution in [2.24, 2.45) is 4.99 Å². The van der Waals surface area contributed by atoms with Crippen molar-refractivity contribution in [3.8, 4) is 0 Å². The van der Waals surface area contributed by atoms with E-state index in [2.05, 4.69) is 17.0 Å². The highest BCUT2D eigenvalue weighted by Crippen LogP contribution is 1.98. The zero-order chi connectivity index (χ0) is 7.49. The van der Waals surface area contributed by atoms with E-state index < -0.39 is 0 Å². The fraction of sp³-hybridized carbons (Fsp3) is 0.667. The number of thiocarbonyl (C=S) groups is 1. The van der Waals surface area contributed by atoms with Crippen molar-refractivity contribution in [3.63, 3.8) is 0 Å². The van der Waals surface area contributed by atoms with Gasteiger partial charge in [0.05, 0.1) is 0 Å². The second-order valence-electron chi connectivity index (χ2n) is 2.84. The third-order valence-electron chi connectivity index (χ3n) is 0.626. The molecule has 0 rings (SSSR count). The maximum atomic E-state index is 4.76. The molecule has 2 nitrogen and oxygen atoms in total. The van der Waals surface area contributed by atoms with Crippen molar-refractivity contribution in [2.45, 2.75) is 26.3 Å². The summed E-state index contributed by atoms with van der Waals surface area (Å²) in [6.45, 7) is 9.35. The summed E-state index contributed by atoms with van der Waals surface area (Å²) >= 11 is 4.76. The average Bonchev–Trinajstić information content (AvgIpc) is 1.62. The van der Waals surface area contributed by atoms with Crippen molar-refractivity contribution in [1.29, 1.82) is 0 Å². The van der Waals surface area contributed by atoms with E-state index in [1.54, 1.807) is 0 Å². The first-order valence-electron chi connectivity index (χ1n) is 2.74. The van der Waals surface area contributed by atoms with Gasteiger partial charge < -0.3 is 5.32 Å². The molecule has 0 amide bonds. The van der Waals surface area contributed by atoms with Crippen molar-refractivity contribution < 1.29 is 0 Å². The number of nitrogens with zero attached hydrogens (tertiary/aromatic N) is 1. The van der Waals surface area contributed by atoms with Crippen LogP contribution in [0.15, 0.2) is 4.99 Å². The molecule has 0 radical (unpaired) electrons. The lowest BCUT2D eigenvalue weighted by Crippen LogP contribution is -2.38. The molecule has 0 atom stereocenters. The average molecular weight is 144 g/mol. The zero-order valence-electron chi connectivity index (χ0n) is 6.06. The van der Waals surface area contributed by atoms with Gasteiger partial charge in [0.1, 0.15) is 0 Å². The smallest absolute Gasteiger partial charge is 0.192 e. The molecule has 0 heterocycles. The molecular formula is C6H12N2S. The Morgan fingerprint density at radius 2 is 2.00 bits per heavy atom. The van der Waals surface area contributed by atoms with Crippen LogP contribution in [0.5, 0.6) is 0 Å². The fourth-order valence-electron chi connectivity index (χ4n) is 0.360. The third kappa shape index (κ3) is 5.43. The lowest BCUT2D eigenvalue weighted by Gasteiger charge is -2.19. The Labute approximate surface area is 61.4 Å². The normalized spacial score (nSPS) is 10.6. The maximum absolute atomic E-state index is 4.76. The summed E-state index contributed by atoms with van der Waals surface area (Å²) in [6.07, 6.45) is 0. The minimum absolute atomic E-state index is 0.00171. The second-order valence-corrected chi connectivity index (χ2v) is 3.22. The predicted octanol–water partition coefficient (Wildman–Crippen LogP) is 1.36. The monoisotopic (exact) mass is 144 g/mol. The Bertz CT molecular complexity index is 124. The molecule has 0 spiro atoms. The summed E-state index contributed by atoms with van der Waals surface area (Å²) in [6, 6.07) is 0. The van der Waals surface area contributed by atoms with Gasteiger partial charge in [0.15, 0.2) is 5.11 Å². The number of aliphatic imine (C=N–C) groups is 1. The third-order valence-corrected chi connectivity index (χ3v) is 0.857. The van der Waals surface area contributed by atoms with Gasteiger partial charge in [-0.1, -0.05) is 0 Å². The van der Waals surface area contributed by atoms with Crippen LogP contribution in [0, 0.1) is 0 Å². The van der Waals surface area contributed by atoms with Crippen LogP contribution in [0.1, 0.15) is 20.8 Å². The molecule has 0 fully saturated rings. The standard InChI is InChI=1S/C6H12N2S/c1-6(2,3)8-5(9)7-4/h4H2,1-3H3,(H,8,9). The fourth-order valence-corrected chi connectivity index (χ4v) is 0.667. The van der Waals surface area contributed by atoms with Gasteiger partial charge in [-0.05, 0) is 39.7 Å². The summed E-state index contributed by atoms with van der Waals surface area (Å²) in [5.74, 6) is 0. The molecule has 0 aliphatic carbocycles. The molecule has 52 valence electrons. The van der Waals surface area contributed by atoms with Crippen LogP contribution in [0.4, 0.5) is 0 Å². The van der Waals surface area contributed by atoms with E-state index in [1.165, 1.54) is 0 Å². The molecule has 0 aromatic rings. The van der Waals surface area contributed by atoms with Crippen LogP contribution in [-0.2, 0) is 0 Å². The second kappa shape index (κ2) is 2.92. The number of hydrogen-bond acceptors (Lipinski definition) is 1. The summed E-state index contributed by atoms with van der Waals surface area (Å²) in [7, 11) is 0. The van der Waals surface area contributed by atoms with Gasteiger partial charge in [-0.25, -0.2) is 4.99 Å². The van der Waals surface area contributed by atoms with Gasteiger partial charge in [0.25, 0.3) is 0 Å². The first kappa shape index (κ1) is 8.56. The van der Waals surface area contributed by atoms with Gasteiger partial charge in [0.2, 0.25) is 0 Å². The van der Waals surface area contributed by atoms with Crippen LogP contribution in [0.25, 0.3) is 0 Å². The molecule has 3 heteroatoms. The van der Waals surface area contributed by atoms with Crippen molar-refractivity contribution in [2.75, 3.05) is 0 Å². The highest BCUT2D eigenvalue weighted by Gasteiger charge is 2.08. The van der Waals surface area contributed by atoms with Crippen molar-refractivity contribution in [3.05, 3.63) is 0 Å². The lowest BCUT2D eigenvalue weighted by molar-refractivity contribution is 0.513. The Kier molecular flexibility index (Phi) is 2.77. The minimum Gasteiger partial charge on any atom is -0.356 e. The number of nitrogens with one attached hydrogen (secondary N) is 1. The highest BCUT2D eigenvalue weighted by atomic mass is 32.1. The molecule has 0 bridgehead atoms. The van der Waals surface area contributed by atoms with E-state index in [0.29, 0.717) is 5.11 Å². The summed E-state index contributed by atoms with van der Waals surface area (Å²) in [5, 5.41) is 3.43. The molecule has 0 aliphatic heterocycles. The largest absolute Gasteiger partial charge is 0.356 e.